The number of fused-ring (bicyclic) bond motifs is 1. The molecule has 0 unspecified atom stereocenters. The summed E-state index contributed by atoms with van der Waals surface area (Å²) in [5, 5.41) is 12.3. The molecule has 146 valence electrons. The third-order valence-corrected chi connectivity index (χ3v) is 5.78. The maximum Gasteiger partial charge on any atom is 0.312 e. The first-order valence-electron chi connectivity index (χ1n) is 9.55. The third kappa shape index (κ3) is 2.79. The smallest absolute Gasteiger partial charge is 0.312 e. The van der Waals surface area contributed by atoms with Crippen LogP contribution in [0.5, 0.6) is 0 Å². The van der Waals surface area contributed by atoms with Crippen molar-refractivity contribution in [1.29, 1.82) is 0 Å². The summed E-state index contributed by atoms with van der Waals surface area (Å²) in [6, 6.07) is -0.812. The minimum atomic E-state index is -0.995. The Balaban J connectivity index is 1.90. The summed E-state index contributed by atoms with van der Waals surface area (Å²) in [4.78, 5) is 39.8. The molecule has 3 saturated heterocycles. The first-order chi connectivity index (χ1) is 12.5. The molecule has 2 amide bonds. The summed E-state index contributed by atoms with van der Waals surface area (Å²) >= 11 is 0. The normalized spacial score (nSPS) is 34.9. The molecule has 0 aromatic rings. The number of amides is 2. The average Bonchev–Trinajstić information content (AvgIpc) is 3.24. The lowest BCUT2D eigenvalue weighted by atomic mass is 9.71. The second-order valence-electron chi connectivity index (χ2n) is 7.21. The van der Waals surface area contributed by atoms with Crippen LogP contribution in [-0.2, 0) is 23.9 Å². The van der Waals surface area contributed by atoms with Gasteiger partial charge in [0.2, 0.25) is 11.8 Å². The molecule has 5 atom stereocenters. The Kier molecular flexibility index (Phi) is 5.53. The largest absolute Gasteiger partial charge is 0.466 e. The van der Waals surface area contributed by atoms with Gasteiger partial charge in [-0.25, -0.2) is 0 Å². The molecular weight excluding hydrogens is 340 g/mol. The molecule has 0 aromatic carbocycles. The van der Waals surface area contributed by atoms with E-state index in [-0.39, 0.29) is 37.7 Å². The topological polar surface area (TPSA) is 105 Å². The number of β-amino-alcohol motifs (C(OH)–C–C–N with tert-alkyl or cyclic N) is 1. The lowest BCUT2D eigenvalue weighted by Crippen LogP contribution is -2.55. The minimum Gasteiger partial charge on any atom is -0.466 e. The van der Waals surface area contributed by atoms with Crippen molar-refractivity contribution in [2.75, 3.05) is 26.3 Å². The van der Waals surface area contributed by atoms with Crippen LogP contribution in [0, 0.1) is 11.8 Å². The van der Waals surface area contributed by atoms with Crippen LogP contribution in [-0.4, -0.2) is 71.8 Å². The number of unbranched alkanes of at least 4 members (excludes halogenated alkanes) is 1. The van der Waals surface area contributed by atoms with Gasteiger partial charge in [-0.3, -0.25) is 14.4 Å². The molecule has 0 aromatic heterocycles. The zero-order chi connectivity index (χ0) is 18.9. The molecule has 0 saturated carbocycles. The van der Waals surface area contributed by atoms with Crippen molar-refractivity contribution < 1.29 is 29.0 Å². The zero-order valence-electron chi connectivity index (χ0n) is 15.4. The van der Waals surface area contributed by atoms with Crippen molar-refractivity contribution in [2.45, 2.75) is 57.3 Å². The average molecular weight is 368 g/mol. The Labute approximate surface area is 153 Å². The Morgan fingerprint density at radius 2 is 2.19 bits per heavy atom. The van der Waals surface area contributed by atoms with Gasteiger partial charge in [0.1, 0.15) is 11.6 Å². The number of nitrogens with zero attached hydrogens (tertiary/aromatic N) is 1. The third-order valence-electron chi connectivity index (χ3n) is 5.78. The maximum absolute atomic E-state index is 13.1. The Morgan fingerprint density at radius 3 is 2.85 bits per heavy atom. The van der Waals surface area contributed by atoms with Gasteiger partial charge in [0.05, 0.1) is 31.2 Å². The molecular formula is C18H28N2O6. The molecule has 2 bridgehead atoms. The van der Waals surface area contributed by atoms with E-state index in [1.165, 1.54) is 4.90 Å². The van der Waals surface area contributed by atoms with Gasteiger partial charge in [0, 0.05) is 13.1 Å². The molecule has 3 heterocycles. The molecule has 1 spiro atoms. The van der Waals surface area contributed by atoms with Crippen LogP contribution in [0.1, 0.15) is 39.5 Å². The molecule has 0 aliphatic carbocycles. The van der Waals surface area contributed by atoms with Gasteiger partial charge in [-0.1, -0.05) is 13.3 Å². The zero-order valence-corrected chi connectivity index (χ0v) is 15.4. The highest BCUT2D eigenvalue weighted by molar-refractivity contribution is 5.98. The monoisotopic (exact) mass is 368 g/mol. The minimum absolute atomic E-state index is 0.0481. The van der Waals surface area contributed by atoms with E-state index in [4.69, 9.17) is 9.47 Å². The second-order valence-corrected chi connectivity index (χ2v) is 7.21. The van der Waals surface area contributed by atoms with Crippen LogP contribution in [0.3, 0.4) is 0 Å². The van der Waals surface area contributed by atoms with E-state index in [1.807, 2.05) is 6.92 Å². The fourth-order valence-electron chi connectivity index (χ4n) is 4.79. The number of hydrogen-bond donors (Lipinski definition) is 2. The number of esters is 1. The van der Waals surface area contributed by atoms with Gasteiger partial charge in [0.15, 0.2) is 0 Å². The van der Waals surface area contributed by atoms with Crippen molar-refractivity contribution in [3.8, 4) is 0 Å². The van der Waals surface area contributed by atoms with E-state index >= 15 is 0 Å². The van der Waals surface area contributed by atoms with Crippen molar-refractivity contribution >= 4 is 17.8 Å². The van der Waals surface area contributed by atoms with E-state index in [9.17, 15) is 19.5 Å². The fraction of sp³-hybridized carbons (Fsp3) is 0.833. The van der Waals surface area contributed by atoms with Crippen LogP contribution >= 0.6 is 0 Å². The number of carbonyl (C=O) groups is 3. The summed E-state index contributed by atoms with van der Waals surface area (Å²) in [5.74, 6) is -2.39. The Hall–Kier alpha value is -1.67. The van der Waals surface area contributed by atoms with Gasteiger partial charge in [-0.05, 0) is 26.2 Å². The lowest BCUT2D eigenvalue weighted by Gasteiger charge is -2.33. The molecule has 2 N–H and O–H groups in total. The Bertz CT molecular complexity index is 582. The highest BCUT2D eigenvalue weighted by atomic mass is 16.6. The molecule has 3 rings (SSSR count). The molecule has 0 radical (unpaired) electrons. The Morgan fingerprint density at radius 1 is 1.42 bits per heavy atom. The summed E-state index contributed by atoms with van der Waals surface area (Å²) in [7, 11) is 0. The standard InChI is InChI=1S/C18H28N2O6/c1-3-5-8-19-15(22)14-18-7-6-11(26-18)12(17(24)25-4-2)13(18)16(23)20(14)9-10-21/h11-14,21H,3-10H2,1-2H3,(H,19,22)/t11-,12+,13+,14-,18+/m1/s1. The van der Waals surface area contributed by atoms with E-state index in [0.717, 1.165) is 12.8 Å². The number of ether oxygens (including phenoxy) is 2. The van der Waals surface area contributed by atoms with Crippen molar-refractivity contribution in [2.24, 2.45) is 11.8 Å². The number of rotatable bonds is 8. The fourth-order valence-corrected chi connectivity index (χ4v) is 4.79. The molecule has 8 nitrogen and oxygen atoms in total. The highest BCUT2D eigenvalue weighted by Gasteiger charge is 2.74. The van der Waals surface area contributed by atoms with Crippen molar-refractivity contribution in [1.82, 2.24) is 10.2 Å². The first-order valence-corrected chi connectivity index (χ1v) is 9.55. The number of nitrogens with one attached hydrogen (secondary N) is 1. The second kappa shape index (κ2) is 7.52. The first kappa shape index (κ1) is 19.1. The van der Waals surface area contributed by atoms with Gasteiger partial charge < -0.3 is 24.8 Å². The van der Waals surface area contributed by atoms with E-state index in [2.05, 4.69) is 5.32 Å². The van der Waals surface area contributed by atoms with Crippen LogP contribution in [0.2, 0.25) is 0 Å². The van der Waals surface area contributed by atoms with Crippen LogP contribution in [0.25, 0.3) is 0 Å². The summed E-state index contributed by atoms with van der Waals surface area (Å²) in [6.07, 6.45) is 2.58. The molecule has 26 heavy (non-hydrogen) atoms. The molecule has 8 heteroatoms. The van der Waals surface area contributed by atoms with Gasteiger partial charge in [-0.2, -0.15) is 0 Å². The van der Waals surface area contributed by atoms with Gasteiger partial charge in [-0.15, -0.1) is 0 Å². The van der Waals surface area contributed by atoms with E-state index in [0.29, 0.717) is 19.4 Å². The number of carbonyl (C=O) groups excluding carboxylic acids is 3. The van der Waals surface area contributed by atoms with Crippen molar-refractivity contribution in [3.05, 3.63) is 0 Å². The molecule has 3 fully saturated rings. The SMILES string of the molecule is CCCCNC(=O)[C@H]1N(CCO)C(=O)[C@@H]2[C@@H](C(=O)OCC)[C@H]3CC[C@]21O3. The van der Waals surface area contributed by atoms with Crippen LogP contribution in [0.4, 0.5) is 0 Å². The number of aliphatic hydroxyl groups is 1. The lowest BCUT2D eigenvalue weighted by molar-refractivity contribution is -0.154. The molecule has 3 aliphatic heterocycles. The number of aliphatic hydroxyl groups excluding tert-OH is 1. The van der Waals surface area contributed by atoms with E-state index < -0.39 is 29.4 Å². The van der Waals surface area contributed by atoms with Crippen LogP contribution in [0.15, 0.2) is 0 Å². The van der Waals surface area contributed by atoms with Gasteiger partial charge in [0.25, 0.3) is 0 Å². The van der Waals surface area contributed by atoms with Crippen molar-refractivity contribution in [3.63, 3.8) is 0 Å². The quantitative estimate of drug-likeness (QED) is 0.455. The maximum atomic E-state index is 13.1. The van der Waals surface area contributed by atoms with E-state index in [1.54, 1.807) is 6.92 Å². The molecule has 3 aliphatic rings. The number of hydrogen-bond acceptors (Lipinski definition) is 6. The summed E-state index contributed by atoms with van der Waals surface area (Å²) in [6.45, 7) is 4.31. The summed E-state index contributed by atoms with van der Waals surface area (Å²) < 4.78 is 11.3. The predicted octanol–water partition coefficient (Wildman–Crippen LogP) is -0.167. The summed E-state index contributed by atoms with van der Waals surface area (Å²) in [5.41, 5.74) is -0.995. The number of likely N-dealkylation sites (tertiary alicyclic amines) is 1. The predicted molar refractivity (Wildman–Crippen MR) is 91.0 cm³/mol. The highest BCUT2D eigenvalue weighted by Crippen LogP contribution is 2.58. The van der Waals surface area contributed by atoms with Gasteiger partial charge >= 0.3 is 5.97 Å². The van der Waals surface area contributed by atoms with Crippen LogP contribution < -0.4 is 5.32 Å².